The Hall–Kier alpha value is -2.56. The first-order valence-electron chi connectivity index (χ1n) is 5.19. The molecular weight excluding hydrogens is 234 g/mol. The molecule has 2 aromatic rings. The Bertz CT molecular complexity index is 581. The molecule has 5 heteroatoms. The maximum absolute atomic E-state index is 11.0. The maximum Gasteiger partial charge on any atom is 0.335 e. The smallest absolute Gasteiger partial charge is 0.335 e. The number of aromatic hydroxyl groups is 1. The highest BCUT2D eigenvalue weighted by atomic mass is 16.5. The number of aromatic carboxylic acids is 1. The summed E-state index contributed by atoms with van der Waals surface area (Å²) < 4.78 is 4.96. The Morgan fingerprint density at radius 3 is 2.67 bits per heavy atom. The van der Waals surface area contributed by atoms with Crippen molar-refractivity contribution >= 4 is 5.97 Å². The van der Waals surface area contributed by atoms with E-state index in [1.165, 1.54) is 19.2 Å². The number of aromatic nitrogens is 1. The van der Waals surface area contributed by atoms with Crippen LogP contribution in [0.25, 0.3) is 11.3 Å². The summed E-state index contributed by atoms with van der Waals surface area (Å²) in [6.07, 6.45) is 1.56. The van der Waals surface area contributed by atoms with Gasteiger partial charge in [0.1, 0.15) is 0 Å². The van der Waals surface area contributed by atoms with E-state index in [1.807, 2.05) is 0 Å². The third kappa shape index (κ3) is 2.10. The summed E-state index contributed by atoms with van der Waals surface area (Å²) in [5, 5.41) is 19.0. The molecule has 0 unspecified atom stereocenters. The van der Waals surface area contributed by atoms with Crippen molar-refractivity contribution in [1.82, 2.24) is 4.98 Å². The summed E-state index contributed by atoms with van der Waals surface area (Å²) in [5.41, 5.74) is 0.842. The zero-order valence-electron chi connectivity index (χ0n) is 9.62. The van der Waals surface area contributed by atoms with Crippen LogP contribution in [0.15, 0.2) is 36.5 Å². The molecule has 0 bridgehead atoms. The second kappa shape index (κ2) is 4.75. The van der Waals surface area contributed by atoms with Crippen molar-refractivity contribution in [3.05, 3.63) is 42.1 Å². The molecule has 0 spiro atoms. The van der Waals surface area contributed by atoms with Gasteiger partial charge in [-0.3, -0.25) is 4.98 Å². The zero-order valence-corrected chi connectivity index (χ0v) is 9.62. The first-order valence-corrected chi connectivity index (χ1v) is 5.19. The fourth-order valence-corrected chi connectivity index (χ4v) is 1.60. The highest BCUT2D eigenvalue weighted by Gasteiger charge is 2.16. The lowest BCUT2D eigenvalue weighted by atomic mass is 10.1. The van der Waals surface area contributed by atoms with Gasteiger partial charge in [0.15, 0.2) is 11.5 Å². The van der Waals surface area contributed by atoms with Crippen LogP contribution in [0, 0.1) is 0 Å². The number of hydrogen-bond acceptors (Lipinski definition) is 4. The summed E-state index contributed by atoms with van der Waals surface area (Å²) in [4.78, 5) is 15.1. The molecule has 0 fully saturated rings. The van der Waals surface area contributed by atoms with Crippen LogP contribution < -0.4 is 4.74 Å². The second-order valence-corrected chi connectivity index (χ2v) is 3.59. The summed E-state index contributed by atoms with van der Waals surface area (Å²) in [5.74, 6) is -1.11. The number of phenols is 1. The van der Waals surface area contributed by atoms with Gasteiger partial charge in [-0.1, -0.05) is 6.07 Å². The number of carboxylic acid groups (broad SMARTS) is 1. The van der Waals surface area contributed by atoms with Gasteiger partial charge < -0.3 is 14.9 Å². The van der Waals surface area contributed by atoms with Crippen molar-refractivity contribution in [1.29, 1.82) is 0 Å². The van der Waals surface area contributed by atoms with E-state index < -0.39 is 5.97 Å². The van der Waals surface area contributed by atoms with Gasteiger partial charge in [0.25, 0.3) is 0 Å². The van der Waals surface area contributed by atoms with Crippen molar-refractivity contribution in [3.63, 3.8) is 0 Å². The van der Waals surface area contributed by atoms with Crippen molar-refractivity contribution in [2.45, 2.75) is 0 Å². The van der Waals surface area contributed by atoms with Gasteiger partial charge in [0.2, 0.25) is 0 Å². The average Bonchev–Trinajstić information content (AvgIpc) is 2.39. The Morgan fingerprint density at radius 1 is 1.33 bits per heavy atom. The Labute approximate surface area is 103 Å². The van der Waals surface area contributed by atoms with Crippen molar-refractivity contribution in [2.75, 3.05) is 7.11 Å². The quantitative estimate of drug-likeness (QED) is 0.866. The lowest BCUT2D eigenvalue weighted by Gasteiger charge is -2.10. The van der Waals surface area contributed by atoms with E-state index in [0.29, 0.717) is 11.3 Å². The summed E-state index contributed by atoms with van der Waals surface area (Å²) >= 11 is 0. The molecule has 1 aromatic carbocycles. The van der Waals surface area contributed by atoms with E-state index in [0.717, 1.165) is 0 Å². The minimum absolute atomic E-state index is 0.0327. The van der Waals surface area contributed by atoms with Crippen molar-refractivity contribution in [2.24, 2.45) is 0 Å². The lowest BCUT2D eigenvalue weighted by molar-refractivity contribution is 0.0696. The topological polar surface area (TPSA) is 79.7 Å². The van der Waals surface area contributed by atoms with Crippen LogP contribution in [0.2, 0.25) is 0 Å². The van der Waals surface area contributed by atoms with Gasteiger partial charge >= 0.3 is 5.97 Å². The molecule has 0 atom stereocenters. The van der Waals surface area contributed by atoms with E-state index in [-0.39, 0.29) is 17.1 Å². The number of benzene rings is 1. The van der Waals surface area contributed by atoms with Crippen LogP contribution in [-0.2, 0) is 0 Å². The average molecular weight is 245 g/mol. The predicted molar refractivity (Wildman–Crippen MR) is 64.8 cm³/mol. The third-order valence-electron chi connectivity index (χ3n) is 2.48. The number of methoxy groups -OCH3 is 1. The number of nitrogens with zero attached hydrogens (tertiary/aromatic N) is 1. The maximum atomic E-state index is 11.0. The molecule has 1 heterocycles. The minimum atomic E-state index is -1.09. The molecule has 0 saturated heterocycles. The Kier molecular flexibility index (Phi) is 3.14. The van der Waals surface area contributed by atoms with Crippen LogP contribution in [0.1, 0.15) is 10.4 Å². The molecule has 0 amide bonds. The predicted octanol–water partition coefficient (Wildman–Crippen LogP) is 2.16. The highest BCUT2D eigenvalue weighted by molar-refractivity contribution is 5.91. The lowest BCUT2D eigenvalue weighted by Crippen LogP contribution is -1.99. The Morgan fingerprint density at radius 2 is 2.11 bits per heavy atom. The van der Waals surface area contributed by atoms with Crippen LogP contribution in [0.3, 0.4) is 0 Å². The molecule has 2 N–H and O–H groups in total. The number of ether oxygens (including phenoxy) is 1. The fraction of sp³-hybridized carbons (Fsp3) is 0.0769. The van der Waals surface area contributed by atoms with Crippen molar-refractivity contribution < 1.29 is 19.7 Å². The first-order chi connectivity index (χ1) is 8.63. The Balaban J connectivity index is 2.66. The minimum Gasteiger partial charge on any atom is -0.504 e. The largest absolute Gasteiger partial charge is 0.504 e. The van der Waals surface area contributed by atoms with Gasteiger partial charge in [-0.05, 0) is 24.3 Å². The number of carbonyl (C=O) groups is 1. The van der Waals surface area contributed by atoms with Crippen LogP contribution in [0.4, 0.5) is 0 Å². The standard InChI is InChI=1S/C13H11NO4/c1-18-11-7-8(13(16)17)6-9(12(11)15)10-4-2-3-5-14-10/h2-7,15H,1H3,(H,16,17). The van der Waals surface area contributed by atoms with E-state index in [1.54, 1.807) is 24.4 Å². The van der Waals surface area contributed by atoms with E-state index in [9.17, 15) is 9.90 Å². The van der Waals surface area contributed by atoms with Crippen LogP contribution in [-0.4, -0.2) is 28.3 Å². The molecule has 92 valence electrons. The summed E-state index contributed by atoms with van der Waals surface area (Å²) in [6.45, 7) is 0. The SMILES string of the molecule is COc1cc(C(=O)O)cc(-c2ccccn2)c1O. The molecule has 2 rings (SSSR count). The number of hydrogen-bond donors (Lipinski definition) is 2. The number of rotatable bonds is 3. The van der Waals surface area contributed by atoms with E-state index in [2.05, 4.69) is 4.98 Å². The number of pyridine rings is 1. The van der Waals surface area contributed by atoms with Gasteiger partial charge in [-0.15, -0.1) is 0 Å². The summed E-state index contributed by atoms with van der Waals surface area (Å²) in [6, 6.07) is 7.80. The van der Waals surface area contributed by atoms with Gasteiger partial charge in [-0.25, -0.2) is 4.79 Å². The van der Waals surface area contributed by atoms with Gasteiger partial charge in [0, 0.05) is 11.8 Å². The number of phenolic OH excluding ortho intramolecular Hbond substituents is 1. The molecule has 0 aliphatic heterocycles. The second-order valence-electron chi connectivity index (χ2n) is 3.59. The normalized spacial score (nSPS) is 10.1. The van der Waals surface area contributed by atoms with E-state index >= 15 is 0 Å². The summed E-state index contributed by atoms with van der Waals surface area (Å²) in [7, 11) is 1.36. The number of carboxylic acids is 1. The zero-order chi connectivity index (χ0) is 13.1. The molecule has 0 aliphatic rings. The monoisotopic (exact) mass is 245 g/mol. The highest BCUT2D eigenvalue weighted by Crippen LogP contribution is 2.37. The molecule has 0 saturated carbocycles. The molecule has 18 heavy (non-hydrogen) atoms. The molecule has 0 aliphatic carbocycles. The fourth-order valence-electron chi connectivity index (χ4n) is 1.60. The van der Waals surface area contributed by atoms with Crippen LogP contribution in [0.5, 0.6) is 11.5 Å². The first kappa shape index (κ1) is 11.9. The van der Waals surface area contributed by atoms with Gasteiger partial charge in [0.05, 0.1) is 18.4 Å². The third-order valence-corrected chi connectivity index (χ3v) is 2.48. The van der Waals surface area contributed by atoms with Crippen LogP contribution >= 0.6 is 0 Å². The molecule has 0 radical (unpaired) electrons. The molecular formula is C13H11NO4. The van der Waals surface area contributed by atoms with E-state index in [4.69, 9.17) is 9.84 Å². The van der Waals surface area contributed by atoms with Crippen molar-refractivity contribution in [3.8, 4) is 22.8 Å². The molecule has 1 aromatic heterocycles. The molecule has 5 nitrogen and oxygen atoms in total. The van der Waals surface area contributed by atoms with Gasteiger partial charge in [-0.2, -0.15) is 0 Å².